The minimum atomic E-state index is 0.388. The highest BCUT2D eigenvalue weighted by Gasteiger charge is 2.20. The number of hydrogen-bond donors (Lipinski definition) is 1. The third kappa shape index (κ3) is 2.36. The van der Waals surface area contributed by atoms with Gasteiger partial charge in [-0.1, -0.05) is 5.16 Å². The molecule has 3 rings (SSSR count). The van der Waals surface area contributed by atoms with Crippen LogP contribution in [0.2, 0.25) is 0 Å². The fourth-order valence-corrected chi connectivity index (χ4v) is 2.10. The lowest BCUT2D eigenvalue weighted by molar-refractivity contribution is 0.352. The Kier molecular flexibility index (Phi) is 2.87. The van der Waals surface area contributed by atoms with Crippen LogP contribution in [0.25, 0.3) is 0 Å². The van der Waals surface area contributed by atoms with Crippen LogP contribution in [0.15, 0.2) is 23.0 Å². The molecule has 90 valence electrons. The summed E-state index contributed by atoms with van der Waals surface area (Å²) in [7, 11) is 0. The van der Waals surface area contributed by atoms with Crippen LogP contribution in [-0.2, 0) is 6.54 Å². The first-order valence-electron chi connectivity index (χ1n) is 5.92. The van der Waals surface area contributed by atoms with Crippen molar-refractivity contribution in [2.24, 2.45) is 0 Å². The third-order valence-corrected chi connectivity index (χ3v) is 3.00. The molecule has 17 heavy (non-hydrogen) atoms. The van der Waals surface area contributed by atoms with Gasteiger partial charge in [-0.05, 0) is 25.5 Å². The average Bonchev–Trinajstić information content (AvgIpc) is 3.02. The van der Waals surface area contributed by atoms with Crippen molar-refractivity contribution in [1.82, 2.24) is 25.2 Å². The Labute approximate surface area is 99.0 Å². The number of nitrogens with one attached hydrogen (secondary N) is 1. The van der Waals surface area contributed by atoms with Crippen molar-refractivity contribution in [1.29, 1.82) is 0 Å². The van der Waals surface area contributed by atoms with E-state index in [1.807, 2.05) is 12.3 Å². The molecule has 2 aromatic rings. The Hall–Kier alpha value is -1.69. The fraction of sp³-hybridized carbons (Fsp3) is 0.545. The SMILES string of the molecule is c1cnn(Cc2nc(C3CCCNC3)no2)c1. The molecule has 1 saturated heterocycles. The Morgan fingerprint density at radius 3 is 3.29 bits per heavy atom. The average molecular weight is 233 g/mol. The summed E-state index contributed by atoms with van der Waals surface area (Å²) in [5.74, 6) is 1.83. The van der Waals surface area contributed by atoms with Crippen molar-refractivity contribution < 1.29 is 4.52 Å². The molecule has 0 radical (unpaired) electrons. The summed E-state index contributed by atoms with van der Waals surface area (Å²) in [6.45, 7) is 2.58. The molecule has 0 aliphatic carbocycles. The number of aromatic nitrogens is 4. The molecule has 0 amide bonds. The Morgan fingerprint density at radius 2 is 2.53 bits per heavy atom. The van der Waals surface area contributed by atoms with Crippen LogP contribution in [0.5, 0.6) is 0 Å². The van der Waals surface area contributed by atoms with Crippen LogP contribution in [0, 0.1) is 0 Å². The molecule has 6 heteroatoms. The molecule has 1 unspecified atom stereocenters. The van der Waals surface area contributed by atoms with Crippen molar-refractivity contribution in [3.8, 4) is 0 Å². The predicted octanol–water partition coefficient (Wildman–Crippen LogP) is 0.781. The molecule has 3 heterocycles. The summed E-state index contributed by atoms with van der Waals surface area (Å²) >= 11 is 0. The molecule has 0 saturated carbocycles. The van der Waals surface area contributed by atoms with Crippen LogP contribution in [0.3, 0.4) is 0 Å². The zero-order valence-electron chi connectivity index (χ0n) is 9.54. The van der Waals surface area contributed by atoms with E-state index in [9.17, 15) is 0 Å². The second-order valence-electron chi connectivity index (χ2n) is 4.29. The van der Waals surface area contributed by atoms with E-state index in [4.69, 9.17) is 4.52 Å². The van der Waals surface area contributed by atoms with Gasteiger partial charge in [0, 0.05) is 24.9 Å². The number of nitrogens with zero attached hydrogens (tertiary/aromatic N) is 4. The van der Waals surface area contributed by atoms with Gasteiger partial charge in [0.1, 0.15) is 6.54 Å². The van der Waals surface area contributed by atoms with Gasteiger partial charge < -0.3 is 9.84 Å². The van der Waals surface area contributed by atoms with Crippen molar-refractivity contribution >= 4 is 0 Å². The topological polar surface area (TPSA) is 68.8 Å². The van der Waals surface area contributed by atoms with Gasteiger partial charge >= 0.3 is 0 Å². The molecule has 2 aromatic heterocycles. The highest BCUT2D eigenvalue weighted by molar-refractivity contribution is 4.98. The normalized spacial score (nSPS) is 20.6. The summed E-state index contributed by atoms with van der Waals surface area (Å²) < 4.78 is 7.02. The maximum absolute atomic E-state index is 5.24. The van der Waals surface area contributed by atoms with E-state index in [0.717, 1.165) is 25.3 Å². The lowest BCUT2D eigenvalue weighted by Crippen LogP contribution is -2.28. The second kappa shape index (κ2) is 4.67. The molecule has 1 aliphatic heterocycles. The summed E-state index contributed by atoms with van der Waals surface area (Å²) in [5.41, 5.74) is 0. The number of hydrogen-bond acceptors (Lipinski definition) is 5. The highest BCUT2D eigenvalue weighted by Crippen LogP contribution is 2.20. The smallest absolute Gasteiger partial charge is 0.248 e. The van der Waals surface area contributed by atoms with Gasteiger partial charge in [0.15, 0.2) is 5.82 Å². The van der Waals surface area contributed by atoms with Gasteiger partial charge in [0.2, 0.25) is 5.89 Å². The van der Waals surface area contributed by atoms with Crippen molar-refractivity contribution in [2.75, 3.05) is 13.1 Å². The van der Waals surface area contributed by atoms with Crippen molar-refractivity contribution in [3.63, 3.8) is 0 Å². The maximum atomic E-state index is 5.24. The minimum absolute atomic E-state index is 0.388. The predicted molar refractivity (Wildman–Crippen MR) is 60.5 cm³/mol. The largest absolute Gasteiger partial charge is 0.337 e. The molecule has 0 bridgehead atoms. The highest BCUT2D eigenvalue weighted by atomic mass is 16.5. The van der Waals surface area contributed by atoms with Crippen LogP contribution in [0.4, 0.5) is 0 Å². The summed E-state index contributed by atoms with van der Waals surface area (Å²) in [5, 5.41) is 11.5. The molecule has 1 fully saturated rings. The number of piperidine rings is 1. The minimum Gasteiger partial charge on any atom is -0.337 e. The Morgan fingerprint density at radius 1 is 1.53 bits per heavy atom. The van der Waals surface area contributed by atoms with Gasteiger partial charge in [-0.2, -0.15) is 10.1 Å². The van der Waals surface area contributed by atoms with Crippen molar-refractivity contribution in [3.05, 3.63) is 30.2 Å². The van der Waals surface area contributed by atoms with Gasteiger partial charge in [0.05, 0.1) is 0 Å². The lowest BCUT2D eigenvalue weighted by atomic mass is 9.99. The molecular formula is C11H15N5O. The molecule has 1 N–H and O–H groups in total. The van der Waals surface area contributed by atoms with Gasteiger partial charge in [-0.25, -0.2) is 0 Å². The van der Waals surface area contributed by atoms with Gasteiger partial charge in [0.25, 0.3) is 0 Å². The van der Waals surface area contributed by atoms with Crippen LogP contribution in [-0.4, -0.2) is 33.0 Å². The Balaban J connectivity index is 1.69. The molecule has 0 aromatic carbocycles. The first-order chi connectivity index (χ1) is 8.42. The number of rotatable bonds is 3. The van der Waals surface area contributed by atoms with Gasteiger partial charge in [-0.15, -0.1) is 0 Å². The molecule has 1 aliphatic rings. The van der Waals surface area contributed by atoms with Crippen LogP contribution < -0.4 is 5.32 Å². The molecular weight excluding hydrogens is 218 g/mol. The van der Waals surface area contributed by atoms with E-state index in [2.05, 4.69) is 20.6 Å². The Bertz CT molecular complexity index is 458. The first kappa shape index (κ1) is 10.5. The van der Waals surface area contributed by atoms with E-state index in [-0.39, 0.29) is 0 Å². The maximum Gasteiger partial charge on any atom is 0.248 e. The van der Waals surface area contributed by atoms with Crippen LogP contribution >= 0.6 is 0 Å². The zero-order chi connectivity index (χ0) is 11.5. The van der Waals surface area contributed by atoms with E-state index in [1.54, 1.807) is 10.9 Å². The van der Waals surface area contributed by atoms with E-state index in [0.29, 0.717) is 18.4 Å². The molecule has 1 atom stereocenters. The fourth-order valence-electron chi connectivity index (χ4n) is 2.10. The van der Waals surface area contributed by atoms with Gasteiger partial charge in [-0.3, -0.25) is 4.68 Å². The van der Waals surface area contributed by atoms with E-state index >= 15 is 0 Å². The van der Waals surface area contributed by atoms with E-state index < -0.39 is 0 Å². The summed E-state index contributed by atoms with van der Waals surface area (Å²) in [6, 6.07) is 1.88. The molecule has 6 nitrogen and oxygen atoms in total. The monoisotopic (exact) mass is 233 g/mol. The lowest BCUT2D eigenvalue weighted by Gasteiger charge is -2.19. The van der Waals surface area contributed by atoms with Crippen molar-refractivity contribution in [2.45, 2.75) is 25.3 Å². The van der Waals surface area contributed by atoms with Crippen LogP contribution in [0.1, 0.15) is 30.5 Å². The quantitative estimate of drug-likeness (QED) is 0.848. The first-order valence-corrected chi connectivity index (χ1v) is 5.92. The zero-order valence-corrected chi connectivity index (χ0v) is 9.54. The second-order valence-corrected chi connectivity index (χ2v) is 4.29. The standard InChI is InChI=1S/C11H15N5O/c1-3-9(7-12-4-1)11-14-10(17-15-11)8-16-6-2-5-13-16/h2,5-6,9,12H,1,3-4,7-8H2. The third-order valence-electron chi connectivity index (χ3n) is 3.00. The van der Waals surface area contributed by atoms with E-state index in [1.165, 1.54) is 6.42 Å². The summed E-state index contributed by atoms with van der Waals surface area (Å²) in [4.78, 5) is 4.43. The summed E-state index contributed by atoms with van der Waals surface area (Å²) in [6.07, 6.45) is 5.93. The molecule has 0 spiro atoms.